The first-order chi connectivity index (χ1) is 17.5. The van der Waals surface area contributed by atoms with Crippen molar-refractivity contribution in [2.45, 2.75) is 115 Å². The summed E-state index contributed by atoms with van der Waals surface area (Å²) in [5.74, 6) is 0.509. The number of hydrogen-bond acceptors (Lipinski definition) is 4. The number of amides is 2. The van der Waals surface area contributed by atoms with Crippen LogP contribution in [0.3, 0.4) is 0 Å². The smallest absolute Gasteiger partial charge is 0.410 e. The van der Waals surface area contributed by atoms with Crippen LogP contribution in [-0.4, -0.2) is 59.6 Å². The predicted molar refractivity (Wildman–Crippen MR) is 142 cm³/mol. The average Bonchev–Trinajstić information content (AvgIpc) is 3.68. The third-order valence-corrected chi connectivity index (χ3v) is 9.64. The minimum Gasteiger partial charge on any atom is -0.450 e. The zero-order valence-electron chi connectivity index (χ0n) is 22.5. The molecule has 2 amide bonds. The van der Waals surface area contributed by atoms with Gasteiger partial charge in [0.15, 0.2) is 0 Å². The second-order valence-electron chi connectivity index (χ2n) is 11.8. The number of piperidine rings is 1. The fourth-order valence-corrected chi connectivity index (χ4v) is 7.33. The minimum atomic E-state index is -0.137. The molecule has 2 heterocycles. The number of likely N-dealkylation sites (tertiary alicyclic amines) is 2. The van der Waals surface area contributed by atoms with E-state index < -0.39 is 0 Å². The molecule has 2 saturated heterocycles. The number of ether oxygens (including phenoxy) is 1. The molecule has 0 radical (unpaired) electrons. The van der Waals surface area contributed by atoms with E-state index >= 15 is 0 Å². The van der Waals surface area contributed by atoms with Crippen molar-refractivity contribution in [3.63, 3.8) is 0 Å². The van der Waals surface area contributed by atoms with Crippen LogP contribution in [0.5, 0.6) is 0 Å². The fourth-order valence-electron chi connectivity index (χ4n) is 7.33. The van der Waals surface area contributed by atoms with Gasteiger partial charge in [0.2, 0.25) is 5.91 Å². The highest BCUT2D eigenvalue weighted by Gasteiger charge is 2.44. The molecule has 198 valence electrons. The lowest BCUT2D eigenvalue weighted by atomic mass is 9.63. The van der Waals surface area contributed by atoms with E-state index in [9.17, 15) is 9.59 Å². The lowest BCUT2D eigenvalue weighted by Crippen LogP contribution is -2.51. The number of fused-ring (bicyclic) bond motifs is 2. The Morgan fingerprint density at radius 2 is 1.81 bits per heavy atom. The van der Waals surface area contributed by atoms with E-state index in [-0.39, 0.29) is 41.5 Å². The summed E-state index contributed by atoms with van der Waals surface area (Å²) < 4.78 is 5.39. The molecule has 1 N–H and O–H groups in total. The molecule has 6 heteroatoms. The number of carbonyl (C=O) groups excluding carboxylic acids is 2. The average molecular weight is 496 g/mol. The van der Waals surface area contributed by atoms with Crippen LogP contribution in [0.15, 0.2) is 24.3 Å². The van der Waals surface area contributed by atoms with Crippen LogP contribution in [0.2, 0.25) is 0 Å². The number of rotatable bonds is 7. The zero-order chi connectivity index (χ0) is 25.3. The van der Waals surface area contributed by atoms with Crippen molar-refractivity contribution in [3.8, 4) is 0 Å². The minimum absolute atomic E-state index is 0.137. The van der Waals surface area contributed by atoms with Crippen molar-refractivity contribution >= 4 is 12.0 Å². The van der Waals surface area contributed by atoms with Crippen LogP contribution >= 0.6 is 0 Å². The monoisotopic (exact) mass is 495 g/mol. The molecule has 1 spiro atoms. The van der Waals surface area contributed by atoms with Crippen molar-refractivity contribution < 1.29 is 14.3 Å². The Bertz CT molecular complexity index is 937. The number of benzene rings is 1. The summed E-state index contributed by atoms with van der Waals surface area (Å²) in [4.78, 5) is 29.9. The Kier molecular flexibility index (Phi) is 7.62. The van der Waals surface area contributed by atoms with Crippen LogP contribution < -0.4 is 5.32 Å². The Balaban J connectivity index is 1.24. The van der Waals surface area contributed by atoms with Crippen LogP contribution in [0.25, 0.3) is 0 Å². The third-order valence-electron chi connectivity index (χ3n) is 9.64. The molecule has 6 nitrogen and oxygen atoms in total. The van der Waals surface area contributed by atoms with Crippen LogP contribution in [0.4, 0.5) is 4.79 Å². The maximum Gasteiger partial charge on any atom is 0.410 e. The topological polar surface area (TPSA) is 61.9 Å². The molecule has 1 aromatic carbocycles. The summed E-state index contributed by atoms with van der Waals surface area (Å²) in [6.07, 6.45) is 10.8. The van der Waals surface area contributed by atoms with E-state index in [4.69, 9.17) is 4.74 Å². The highest BCUT2D eigenvalue weighted by molar-refractivity contribution is 5.81. The van der Waals surface area contributed by atoms with Gasteiger partial charge in [-0.2, -0.15) is 0 Å². The Morgan fingerprint density at radius 3 is 2.50 bits per heavy atom. The molecular formula is C30H45N3O3. The van der Waals surface area contributed by atoms with E-state index in [1.54, 1.807) is 0 Å². The second kappa shape index (κ2) is 10.7. The summed E-state index contributed by atoms with van der Waals surface area (Å²) >= 11 is 0. The van der Waals surface area contributed by atoms with Crippen molar-refractivity contribution in [2.75, 3.05) is 19.7 Å². The largest absolute Gasteiger partial charge is 0.450 e. The van der Waals surface area contributed by atoms with Gasteiger partial charge in [0, 0.05) is 24.0 Å². The van der Waals surface area contributed by atoms with Gasteiger partial charge in [-0.3, -0.25) is 4.79 Å². The van der Waals surface area contributed by atoms with E-state index in [0.717, 1.165) is 64.5 Å². The molecule has 0 aromatic heterocycles. The van der Waals surface area contributed by atoms with Gasteiger partial charge < -0.3 is 19.9 Å². The lowest BCUT2D eigenvalue weighted by Gasteiger charge is -2.49. The molecule has 36 heavy (non-hydrogen) atoms. The molecule has 1 saturated carbocycles. The number of hydrogen-bond donors (Lipinski definition) is 1. The SMILES string of the molecule is CCOC(=O)N1C(C)CCC1CC(CC)N1CCC2(CC[C@H](NC(=O)C3CC3)c3ccccc32)CC1. The van der Waals surface area contributed by atoms with Crippen molar-refractivity contribution in [3.05, 3.63) is 35.4 Å². The van der Waals surface area contributed by atoms with E-state index in [2.05, 4.69) is 48.3 Å². The second-order valence-corrected chi connectivity index (χ2v) is 11.8. The van der Waals surface area contributed by atoms with Gasteiger partial charge in [0.05, 0.1) is 12.6 Å². The summed E-state index contributed by atoms with van der Waals surface area (Å²) in [6, 6.07) is 10.1. The molecule has 2 aliphatic heterocycles. The summed E-state index contributed by atoms with van der Waals surface area (Å²) in [6.45, 7) is 8.99. The number of nitrogens with one attached hydrogen (secondary N) is 1. The predicted octanol–water partition coefficient (Wildman–Crippen LogP) is 5.56. The van der Waals surface area contributed by atoms with Gasteiger partial charge in [-0.15, -0.1) is 0 Å². The van der Waals surface area contributed by atoms with E-state index in [1.807, 2.05) is 11.8 Å². The first-order valence-corrected chi connectivity index (χ1v) is 14.5. The van der Waals surface area contributed by atoms with E-state index in [1.165, 1.54) is 24.0 Å². The maximum atomic E-state index is 12.6. The van der Waals surface area contributed by atoms with Gasteiger partial charge in [-0.25, -0.2) is 4.79 Å². The van der Waals surface area contributed by atoms with Gasteiger partial charge in [-0.05, 0) is 108 Å². The van der Waals surface area contributed by atoms with E-state index in [0.29, 0.717) is 12.6 Å². The number of nitrogens with zero attached hydrogens (tertiary/aromatic N) is 2. The summed E-state index contributed by atoms with van der Waals surface area (Å²) in [5, 5.41) is 3.37. The molecule has 3 unspecified atom stereocenters. The first-order valence-electron chi connectivity index (χ1n) is 14.5. The van der Waals surface area contributed by atoms with Gasteiger partial charge in [0.25, 0.3) is 0 Å². The lowest BCUT2D eigenvalue weighted by molar-refractivity contribution is -0.123. The molecule has 4 aliphatic rings. The molecular weight excluding hydrogens is 450 g/mol. The van der Waals surface area contributed by atoms with Gasteiger partial charge in [-0.1, -0.05) is 31.2 Å². The zero-order valence-corrected chi connectivity index (χ0v) is 22.5. The van der Waals surface area contributed by atoms with Crippen molar-refractivity contribution in [1.29, 1.82) is 0 Å². The Labute approximate surface area is 217 Å². The molecule has 0 bridgehead atoms. The van der Waals surface area contributed by atoms with Crippen molar-refractivity contribution in [1.82, 2.24) is 15.1 Å². The highest BCUT2D eigenvalue weighted by atomic mass is 16.6. The number of carbonyl (C=O) groups is 2. The quantitative estimate of drug-likeness (QED) is 0.538. The summed E-state index contributed by atoms with van der Waals surface area (Å²) in [5.41, 5.74) is 3.05. The van der Waals surface area contributed by atoms with Crippen LogP contribution in [0, 0.1) is 5.92 Å². The standard InChI is InChI=1S/C30H45N3O3/c1-4-23(20-24-13-10-21(3)33(24)29(35)36-5-2)32-18-16-30(17-19-32)15-14-27(31-28(34)22-11-12-22)25-8-6-7-9-26(25)30/h6-9,21-24,27H,4-5,10-20H2,1-3H3,(H,31,34)/t21?,23?,24?,27-/m0/s1. The summed E-state index contributed by atoms with van der Waals surface area (Å²) in [7, 11) is 0. The Morgan fingerprint density at radius 1 is 1.06 bits per heavy atom. The normalized spacial score (nSPS) is 28.5. The van der Waals surface area contributed by atoms with Crippen LogP contribution in [-0.2, 0) is 14.9 Å². The van der Waals surface area contributed by atoms with Gasteiger partial charge in [0.1, 0.15) is 0 Å². The van der Waals surface area contributed by atoms with Crippen LogP contribution in [0.1, 0.15) is 102 Å². The third kappa shape index (κ3) is 5.03. The van der Waals surface area contributed by atoms with Gasteiger partial charge >= 0.3 is 6.09 Å². The molecule has 1 aromatic rings. The van der Waals surface area contributed by atoms with Crippen molar-refractivity contribution in [2.24, 2.45) is 5.92 Å². The molecule has 3 fully saturated rings. The highest BCUT2D eigenvalue weighted by Crippen LogP contribution is 2.48. The Hall–Kier alpha value is -2.08. The molecule has 4 atom stereocenters. The maximum absolute atomic E-state index is 12.6. The fraction of sp³-hybridized carbons (Fsp3) is 0.733. The molecule has 2 aliphatic carbocycles. The molecule has 5 rings (SSSR count). The first kappa shape index (κ1) is 25.6.